The lowest BCUT2D eigenvalue weighted by Gasteiger charge is -2.18. The van der Waals surface area contributed by atoms with E-state index in [1.807, 2.05) is 0 Å². The van der Waals surface area contributed by atoms with Crippen LogP contribution in [-0.2, 0) is 30.3 Å². The van der Waals surface area contributed by atoms with Crippen LogP contribution in [0.1, 0.15) is 31.2 Å². The molecule has 1 saturated heterocycles. The number of hydrogen-bond donors (Lipinski definition) is 1. The molecule has 166 valence electrons. The highest BCUT2D eigenvalue weighted by atomic mass is 35.5. The molecule has 2 aromatic carbocycles. The van der Waals surface area contributed by atoms with Gasteiger partial charge in [-0.05, 0) is 67.6 Å². The van der Waals surface area contributed by atoms with Crippen LogP contribution in [0.5, 0.6) is 0 Å². The van der Waals surface area contributed by atoms with Gasteiger partial charge in [-0.2, -0.15) is 4.31 Å². The fourth-order valence-corrected chi connectivity index (χ4v) is 6.93. The van der Waals surface area contributed by atoms with Crippen molar-refractivity contribution in [2.75, 3.05) is 13.1 Å². The van der Waals surface area contributed by atoms with Crippen LogP contribution in [0.2, 0.25) is 10.0 Å². The van der Waals surface area contributed by atoms with Crippen LogP contribution in [0.4, 0.5) is 0 Å². The lowest BCUT2D eigenvalue weighted by molar-refractivity contribution is -0.121. The predicted octanol–water partition coefficient (Wildman–Crippen LogP) is 3.31. The number of nitrogens with zero attached hydrogens (tertiary/aromatic N) is 1. The van der Waals surface area contributed by atoms with E-state index < -0.39 is 31.4 Å². The number of benzene rings is 2. The van der Waals surface area contributed by atoms with Crippen LogP contribution >= 0.6 is 23.2 Å². The summed E-state index contributed by atoms with van der Waals surface area (Å²) in [5, 5.41) is 0.718. The Hall–Kier alpha value is -1.65. The average molecular weight is 503 g/mol. The molecule has 0 bridgehead atoms. The first-order valence-corrected chi connectivity index (χ1v) is 13.4. The highest BCUT2D eigenvalue weighted by Crippen LogP contribution is 2.51. The highest BCUT2D eigenvalue weighted by Gasteiger charge is 2.53. The van der Waals surface area contributed by atoms with Crippen molar-refractivity contribution >= 4 is 49.2 Å². The topological polar surface area (TPSA) is 101 Å². The van der Waals surface area contributed by atoms with Crippen molar-refractivity contribution in [3.05, 3.63) is 58.1 Å². The van der Waals surface area contributed by atoms with Gasteiger partial charge in [-0.25, -0.2) is 21.6 Å². The first-order valence-electron chi connectivity index (χ1n) is 9.69. The Bertz CT molecular complexity index is 1230. The molecule has 7 nitrogen and oxygen atoms in total. The molecule has 0 unspecified atom stereocenters. The number of nitrogens with one attached hydrogen (secondary N) is 1. The maximum absolute atomic E-state index is 12.9. The Labute approximate surface area is 191 Å². The summed E-state index contributed by atoms with van der Waals surface area (Å²) in [7, 11) is -7.85. The van der Waals surface area contributed by atoms with Crippen LogP contribution < -0.4 is 4.72 Å². The Balaban J connectivity index is 1.54. The molecule has 31 heavy (non-hydrogen) atoms. The fourth-order valence-electron chi connectivity index (χ4n) is 3.77. The quantitative estimate of drug-likeness (QED) is 0.652. The van der Waals surface area contributed by atoms with Gasteiger partial charge in [0.1, 0.15) is 0 Å². The minimum absolute atomic E-state index is 0.0197. The molecule has 1 amide bonds. The molecular weight excluding hydrogens is 483 g/mol. The molecular formula is C20H20Cl2N2O5S2. The van der Waals surface area contributed by atoms with Crippen molar-refractivity contribution in [1.29, 1.82) is 0 Å². The molecule has 4 rings (SSSR count). The van der Waals surface area contributed by atoms with Gasteiger partial charge in [0.05, 0.1) is 15.2 Å². The number of hydrogen-bond acceptors (Lipinski definition) is 5. The number of halogens is 2. The summed E-state index contributed by atoms with van der Waals surface area (Å²) in [5.41, 5.74) is -0.494. The molecule has 11 heteroatoms. The van der Waals surface area contributed by atoms with Crippen LogP contribution in [0, 0.1) is 0 Å². The minimum Gasteiger partial charge on any atom is -0.273 e. The highest BCUT2D eigenvalue weighted by molar-refractivity contribution is 7.90. The van der Waals surface area contributed by atoms with Gasteiger partial charge in [0.15, 0.2) is 0 Å². The van der Waals surface area contributed by atoms with Gasteiger partial charge in [0.25, 0.3) is 10.0 Å². The lowest BCUT2D eigenvalue weighted by atomic mass is 9.95. The Morgan fingerprint density at radius 3 is 2.03 bits per heavy atom. The van der Waals surface area contributed by atoms with Gasteiger partial charge in [-0.3, -0.25) is 4.79 Å². The van der Waals surface area contributed by atoms with Gasteiger partial charge >= 0.3 is 0 Å². The Morgan fingerprint density at radius 1 is 0.903 bits per heavy atom. The van der Waals surface area contributed by atoms with Gasteiger partial charge in [-0.1, -0.05) is 29.3 Å². The molecule has 2 fully saturated rings. The lowest BCUT2D eigenvalue weighted by Crippen LogP contribution is -2.39. The van der Waals surface area contributed by atoms with Crippen molar-refractivity contribution in [2.45, 2.75) is 40.9 Å². The smallest absolute Gasteiger partial charge is 0.264 e. The summed E-state index contributed by atoms with van der Waals surface area (Å²) < 4.78 is 54.2. The predicted molar refractivity (Wildman–Crippen MR) is 117 cm³/mol. The number of carbonyl (C=O) groups excluding carboxylic acids is 1. The monoisotopic (exact) mass is 502 g/mol. The molecule has 0 radical (unpaired) electrons. The third kappa shape index (κ3) is 4.21. The number of amides is 1. The molecule has 0 aromatic heterocycles. The Morgan fingerprint density at radius 2 is 1.48 bits per heavy atom. The largest absolute Gasteiger partial charge is 0.273 e. The van der Waals surface area contributed by atoms with Gasteiger partial charge in [0.2, 0.25) is 15.9 Å². The molecule has 2 aliphatic rings. The second-order valence-electron chi connectivity index (χ2n) is 7.72. The third-order valence-electron chi connectivity index (χ3n) is 5.70. The SMILES string of the molecule is O=C(NS(=O)(=O)c1ccc(S(=O)(=O)N2CCCC2)cc1)C1(c2ccc(Cl)cc2Cl)CC1. The first kappa shape index (κ1) is 22.5. The van der Waals surface area contributed by atoms with Crippen molar-refractivity contribution in [2.24, 2.45) is 0 Å². The number of rotatable bonds is 6. The van der Waals surface area contributed by atoms with Crippen molar-refractivity contribution in [3.8, 4) is 0 Å². The van der Waals surface area contributed by atoms with Crippen LogP contribution in [-0.4, -0.2) is 40.1 Å². The first-order chi connectivity index (χ1) is 14.6. The summed E-state index contributed by atoms with van der Waals surface area (Å²) in [4.78, 5) is 12.7. The minimum atomic E-state index is -4.19. The molecule has 2 aromatic rings. The van der Waals surface area contributed by atoms with Crippen LogP contribution in [0.15, 0.2) is 52.3 Å². The van der Waals surface area contributed by atoms with Crippen LogP contribution in [0.3, 0.4) is 0 Å². The molecule has 1 aliphatic heterocycles. The summed E-state index contributed by atoms with van der Waals surface area (Å²) in [6, 6.07) is 9.61. The molecule has 1 heterocycles. The Kier molecular flexibility index (Phi) is 5.85. The summed E-state index contributed by atoms with van der Waals surface area (Å²) in [6.07, 6.45) is 2.53. The molecule has 1 saturated carbocycles. The zero-order chi connectivity index (χ0) is 22.4. The summed E-state index contributed by atoms with van der Waals surface area (Å²) >= 11 is 12.1. The van der Waals surface area contributed by atoms with E-state index in [-0.39, 0.29) is 9.79 Å². The second-order valence-corrected chi connectivity index (χ2v) is 12.2. The van der Waals surface area contributed by atoms with E-state index in [4.69, 9.17) is 23.2 Å². The fraction of sp³-hybridized carbons (Fsp3) is 0.350. The number of sulfonamides is 2. The van der Waals surface area contributed by atoms with Crippen molar-refractivity contribution in [1.82, 2.24) is 9.03 Å². The van der Waals surface area contributed by atoms with E-state index in [0.29, 0.717) is 41.5 Å². The van der Waals surface area contributed by atoms with Gasteiger partial charge in [0, 0.05) is 23.1 Å². The maximum Gasteiger partial charge on any atom is 0.264 e. The maximum atomic E-state index is 12.9. The second kappa shape index (κ2) is 8.04. The van der Waals surface area contributed by atoms with Gasteiger partial charge in [-0.15, -0.1) is 0 Å². The summed E-state index contributed by atoms with van der Waals surface area (Å²) in [5.74, 6) is -0.675. The van der Waals surface area contributed by atoms with Gasteiger partial charge < -0.3 is 0 Å². The molecule has 0 spiro atoms. The zero-order valence-electron chi connectivity index (χ0n) is 16.3. The van der Waals surface area contributed by atoms with E-state index in [0.717, 1.165) is 12.8 Å². The third-order valence-corrected chi connectivity index (χ3v) is 9.50. The van der Waals surface area contributed by atoms with Crippen LogP contribution in [0.25, 0.3) is 0 Å². The van der Waals surface area contributed by atoms with E-state index in [1.54, 1.807) is 12.1 Å². The summed E-state index contributed by atoms with van der Waals surface area (Å²) in [6.45, 7) is 0.904. The van der Waals surface area contributed by atoms with Crippen molar-refractivity contribution < 1.29 is 21.6 Å². The van der Waals surface area contributed by atoms with E-state index in [9.17, 15) is 21.6 Å². The molecule has 1 aliphatic carbocycles. The normalized spacial score (nSPS) is 18.6. The van der Waals surface area contributed by atoms with E-state index in [1.165, 1.54) is 34.6 Å². The zero-order valence-corrected chi connectivity index (χ0v) is 19.5. The molecule has 1 N–H and O–H groups in total. The van der Waals surface area contributed by atoms with E-state index >= 15 is 0 Å². The molecule has 0 atom stereocenters. The number of carbonyl (C=O) groups is 1. The average Bonchev–Trinajstić information content (AvgIpc) is 3.31. The standard InChI is InChI=1S/C20H20Cl2N2O5S2/c21-14-3-8-17(18(22)13-14)20(9-10-20)19(25)23-30(26,27)15-4-6-16(7-5-15)31(28,29)24-11-1-2-12-24/h3-8,13H,1-2,9-12H2,(H,23,25). The van der Waals surface area contributed by atoms with E-state index in [2.05, 4.69) is 4.72 Å². The van der Waals surface area contributed by atoms with Crippen molar-refractivity contribution in [3.63, 3.8) is 0 Å².